The molecule has 0 unspecified atom stereocenters. The molecule has 1 aliphatic heterocycles. The smallest absolute Gasteiger partial charge is 0.279 e. The highest BCUT2D eigenvalue weighted by Crippen LogP contribution is 2.17. The van der Waals surface area contributed by atoms with Crippen molar-refractivity contribution in [2.45, 2.75) is 13.3 Å². The third kappa shape index (κ3) is 4.52. The molecule has 3 aromatic carbocycles. The minimum atomic E-state index is 0.0280. The average molecular weight is 403 g/mol. The van der Waals surface area contributed by atoms with Gasteiger partial charge in [-0.25, -0.2) is 0 Å². The van der Waals surface area contributed by atoms with Crippen LogP contribution in [0.4, 0.5) is 5.69 Å². The average Bonchev–Trinajstić information content (AvgIpc) is 2.79. The third-order valence-corrected chi connectivity index (χ3v) is 5.84. The summed E-state index contributed by atoms with van der Waals surface area (Å²) in [5, 5.41) is 5.26. The molecule has 1 aliphatic rings. The summed E-state index contributed by atoms with van der Waals surface area (Å²) in [6.45, 7) is 5.40. The lowest BCUT2D eigenvalue weighted by atomic mass is 10.1. The lowest BCUT2D eigenvalue weighted by Gasteiger charge is -2.32. The van der Waals surface area contributed by atoms with E-state index in [0.29, 0.717) is 19.6 Å². The van der Waals surface area contributed by atoms with Crippen molar-refractivity contribution in [3.8, 4) is 0 Å². The van der Waals surface area contributed by atoms with E-state index < -0.39 is 0 Å². The normalized spacial score (nSPS) is 14.6. The summed E-state index contributed by atoms with van der Waals surface area (Å²) >= 11 is 0. The van der Waals surface area contributed by atoms with Crippen LogP contribution in [0.1, 0.15) is 22.8 Å². The van der Waals surface area contributed by atoms with Crippen LogP contribution in [0.25, 0.3) is 10.8 Å². The number of amides is 2. The van der Waals surface area contributed by atoms with E-state index in [1.165, 1.54) is 4.90 Å². The Morgan fingerprint density at radius 3 is 2.40 bits per heavy atom. The number of nitrogens with zero attached hydrogens (tertiary/aromatic N) is 1. The first-order valence-electron chi connectivity index (χ1n) is 10.6. The predicted molar refractivity (Wildman–Crippen MR) is 120 cm³/mol. The van der Waals surface area contributed by atoms with E-state index in [4.69, 9.17) is 0 Å². The number of carbonyl (C=O) groups is 2. The van der Waals surface area contributed by atoms with Gasteiger partial charge in [0.15, 0.2) is 6.54 Å². The Kier molecular flexibility index (Phi) is 6.10. The summed E-state index contributed by atoms with van der Waals surface area (Å²) in [6, 6.07) is 21.9. The molecule has 0 atom stereocenters. The maximum Gasteiger partial charge on any atom is 0.279 e. The van der Waals surface area contributed by atoms with E-state index in [-0.39, 0.29) is 11.8 Å². The van der Waals surface area contributed by atoms with Crippen LogP contribution in [-0.2, 0) is 11.2 Å². The molecule has 0 bridgehead atoms. The summed E-state index contributed by atoms with van der Waals surface area (Å²) in [5.74, 6) is 0.0985. The highest BCUT2D eigenvalue weighted by Gasteiger charge is 2.26. The number of anilines is 1. The number of piperazine rings is 1. The van der Waals surface area contributed by atoms with Crippen molar-refractivity contribution < 1.29 is 14.5 Å². The largest absolute Gasteiger partial charge is 0.327 e. The Labute approximate surface area is 177 Å². The lowest BCUT2D eigenvalue weighted by molar-refractivity contribution is -0.895. The highest BCUT2D eigenvalue weighted by molar-refractivity contribution is 5.98. The standard InChI is InChI=1S/C25H27N3O2/c1-2-19-7-5-6-10-23(19)26-24(29)18-27-13-15-28(16-14-27)25(30)22-12-11-20-8-3-4-9-21(20)17-22/h3-12,17H,2,13-16,18H2,1H3,(H,26,29)/p+1. The van der Waals surface area contributed by atoms with Crippen molar-refractivity contribution in [1.82, 2.24) is 4.90 Å². The molecule has 5 nitrogen and oxygen atoms in total. The fourth-order valence-electron chi connectivity index (χ4n) is 4.08. The Bertz CT molecular complexity index is 1050. The zero-order chi connectivity index (χ0) is 20.9. The van der Waals surface area contributed by atoms with E-state index in [1.54, 1.807) is 0 Å². The number of para-hydroxylation sites is 1. The second-order valence-corrected chi connectivity index (χ2v) is 7.84. The van der Waals surface area contributed by atoms with Crippen molar-refractivity contribution in [3.05, 3.63) is 77.9 Å². The molecule has 2 amide bonds. The van der Waals surface area contributed by atoms with Crippen LogP contribution >= 0.6 is 0 Å². The van der Waals surface area contributed by atoms with Gasteiger partial charge in [-0.1, -0.05) is 55.5 Å². The molecule has 0 aliphatic carbocycles. The van der Waals surface area contributed by atoms with Crippen LogP contribution < -0.4 is 10.2 Å². The maximum atomic E-state index is 12.9. The Hall–Kier alpha value is -3.18. The minimum Gasteiger partial charge on any atom is -0.327 e. The molecule has 0 saturated carbocycles. The van der Waals surface area contributed by atoms with Crippen LogP contribution in [0, 0.1) is 0 Å². The number of rotatable bonds is 5. The van der Waals surface area contributed by atoms with Gasteiger partial charge in [0.25, 0.3) is 11.8 Å². The molecule has 4 rings (SSSR count). The number of hydrogen-bond donors (Lipinski definition) is 2. The predicted octanol–water partition coefficient (Wildman–Crippen LogP) is 2.38. The van der Waals surface area contributed by atoms with Gasteiger partial charge in [-0.3, -0.25) is 9.59 Å². The van der Waals surface area contributed by atoms with E-state index in [2.05, 4.69) is 18.3 Å². The fraction of sp³-hybridized carbons (Fsp3) is 0.280. The van der Waals surface area contributed by atoms with E-state index in [0.717, 1.165) is 47.1 Å². The van der Waals surface area contributed by atoms with Gasteiger partial charge in [0.2, 0.25) is 0 Å². The van der Waals surface area contributed by atoms with Crippen LogP contribution in [0.2, 0.25) is 0 Å². The summed E-state index contributed by atoms with van der Waals surface area (Å²) in [6.07, 6.45) is 0.888. The van der Waals surface area contributed by atoms with Crippen LogP contribution in [0.15, 0.2) is 66.7 Å². The molecule has 0 aromatic heterocycles. The second-order valence-electron chi connectivity index (χ2n) is 7.84. The van der Waals surface area contributed by atoms with Crippen molar-refractivity contribution in [2.24, 2.45) is 0 Å². The van der Waals surface area contributed by atoms with Gasteiger partial charge in [0, 0.05) is 11.3 Å². The van der Waals surface area contributed by atoms with Crippen LogP contribution in [0.3, 0.4) is 0 Å². The zero-order valence-electron chi connectivity index (χ0n) is 17.4. The first-order chi connectivity index (χ1) is 14.6. The van der Waals surface area contributed by atoms with E-state index in [1.807, 2.05) is 65.6 Å². The van der Waals surface area contributed by atoms with Crippen molar-refractivity contribution >= 4 is 28.3 Å². The number of fused-ring (bicyclic) bond motifs is 1. The van der Waals surface area contributed by atoms with Gasteiger partial charge >= 0.3 is 0 Å². The molecule has 30 heavy (non-hydrogen) atoms. The second kappa shape index (κ2) is 9.09. The summed E-state index contributed by atoms with van der Waals surface area (Å²) < 4.78 is 0. The Morgan fingerprint density at radius 2 is 1.63 bits per heavy atom. The van der Waals surface area contributed by atoms with E-state index >= 15 is 0 Å². The first-order valence-corrected chi connectivity index (χ1v) is 10.6. The quantitative estimate of drug-likeness (QED) is 0.689. The molecule has 5 heteroatoms. The molecule has 0 radical (unpaired) electrons. The fourth-order valence-corrected chi connectivity index (χ4v) is 4.08. The van der Waals surface area contributed by atoms with Gasteiger partial charge in [-0.15, -0.1) is 0 Å². The lowest BCUT2D eigenvalue weighted by Crippen LogP contribution is -3.15. The SMILES string of the molecule is CCc1ccccc1NC(=O)C[NH+]1CCN(C(=O)c2ccc3ccccc3c2)CC1. The van der Waals surface area contributed by atoms with Crippen LogP contribution in [0.5, 0.6) is 0 Å². The summed E-state index contributed by atoms with van der Waals surface area (Å²) in [4.78, 5) is 28.5. The van der Waals surface area contributed by atoms with Gasteiger partial charge in [-0.2, -0.15) is 0 Å². The van der Waals surface area contributed by atoms with Crippen molar-refractivity contribution in [3.63, 3.8) is 0 Å². The maximum absolute atomic E-state index is 12.9. The number of benzene rings is 3. The summed E-state index contributed by atoms with van der Waals surface area (Å²) in [5.41, 5.74) is 2.77. The molecular formula is C25H28N3O2+. The van der Waals surface area contributed by atoms with Crippen molar-refractivity contribution in [1.29, 1.82) is 0 Å². The molecule has 1 heterocycles. The number of hydrogen-bond acceptors (Lipinski definition) is 2. The zero-order valence-corrected chi connectivity index (χ0v) is 17.4. The first kappa shape index (κ1) is 20.1. The molecule has 0 spiro atoms. The minimum absolute atomic E-state index is 0.0280. The number of nitrogens with one attached hydrogen (secondary N) is 2. The number of quaternary nitrogens is 1. The van der Waals surface area contributed by atoms with E-state index in [9.17, 15) is 9.59 Å². The van der Waals surface area contributed by atoms with Gasteiger partial charge in [0.05, 0.1) is 26.2 Å². The molecule has 154 valence electrons. The third-order valence-electron chi connectivity index (χ3n) is 5.84. The topological polar surface area (TPSA) is 53.9 Å². The number of aryl methyl sites for hydroxylation is 1. The highest BCUT2D eigenvalue weighted by atomic mass is 16.2. The van der Waals surface area contributed by atoms with Gasteiger partial charge in [0.1, 0.15) is 0 Å². The number of carbonyl (C=O) groups excluding carboxylic acids is 2. The monoisotopic (exact) mass is 402 g/mol. The molecule has 1 saturated heterocycles. The summed E-state index contributed by atoms with van der Waals surface area (Å²) in [7, 11) is 0. The molecule has 2 N–H and O–H groups in total. The van der Waals surface area contributed by atoms with Gasteiger partial charge < -0.3 is 15.1 Å². The molecular weight excluding hydrogens is 374 g/mol. The Balaban J connectivity index is 1.32. The molecule has 1 fully saturated rings. The molecule has 3 aromatic rings. The Morgan fingerprint density at radius 1 is 0.933 bits per heavy atom. The van der Waals surface area contributed by atoms with Crippen molar-refractivity contribution in [2.75, 3.05) is 38.0 Å². The van der Waals surface area contributed by atoms with Gasteiger partial charge in [-0.05, 0) is 41.0 Å². The van der Waals surface area contributed by atoms with Crippen LogP contribution in [-0.4, -0.2) is 49.4 Å².